The van der Waals surface area contributed by atoms with Crippen LogP contribution in [0, 0.1) is 0 Å². The monoisotopic (exact) mass is 661 g/mol. The molecule has 0 saturated carbocycles. The van der Waals surface area contributed by atoms with Gasteiger partial charge in [-0.1, -0.05) is 84.4 Å². The fourth-order valence-corrected chi connectivity index (χ4v) is 4.97. The number of aliphatic carboxylic acids is 1. The summed E-state index contributed by atoms with van der Waals surface area (Å²) in [6.45, 7) is 0.850. The average molecular weight is 663 g/mol. The molecule has 0 aliphatic heterocycles. The summed E-state index contributed by atoms with van der Waals surface area (Å²) in [6.07, 6.45) is -5.01. The van der Waals surface area contributed by atoms with Crippen molar-refractivity contribution < 1.29 is 37.3 Å². The molecule has 1 N–H and O–H groups in total. The van der Waals surface area contributed by atoms with E-state index in [1.165, 1.54) is 6.07 Å². The number of halogens is 5. The van der Waals surface area contributed by atoms with E-state index in [1.54, 1.807) is 60.7 Å². The quantitative estimate of drug-likeness (QED) is 0.108. The lowest BCUT2D eigenvalue weighted by Gasteiger charge is -2.28. The van der Waals surface area contributed by atoms with Gasteiger partial charge in [-0.05, 0) is 53.4 Å². The molecule has 0 amide bonds. The number of carbonyl (C=O) groups excluding carboxylic acids is 1. The van der Waals surface area contributed by atoms with Crippen LogP contribution in [0.25, 0.3) is 0 Å². The fraction of sp³-hybridized carbons (Fsp3) is 0.235. The van der Waals surface area contributed by atoms with Crippen molar-refractivity contribution >= 4 is 35.9 Å². The zero-order valence-electron chi connectivity index (χ0n) is 24.1. The molecule has 0 spiro atoms. The van der Waals surface area contributed by atoms with Crippen LogP contribution in [0.4, 0.5) is 13.2 Å². The van der Waals surface area contributed by atoms with Gasteiger partial charge in [0.2, 0.25) is 0 Å². The maximum Gasteiger partial charge on any atom is 0.417 e. The largest absolute Gasteiger partial charge is 0.494 e. The Bertz CT molecular complexity index is 1540. The van der Waals surface area contributed by atoms with E-state index in [2.05, 4.69) is 0 Å². The molecule has 0 aliphatic carbocycles. The molecule has 238 valence electrons. The van der Waals surface area contributed by atoms with Crippen LogP contribution in [0.15, 0.2) is 103 Å². The van der Waals surface area contributed by atoms with Crippen LogP contribution >= 0.6 is 24.0 Å². The summed E-state index contributed by atoms with van der Waals surface area (Å²) >= 11 is 6.25. The first kappa shape index (κ1) is 35.4. The van der Waals surface area contributed by atoms with Crippen molar-refractivity contribution in [2.24, 2.45) is 0 Å². The second-order valence-electron chi connectivity index (χ2n) is 10.1. The number of ether oxygens (including phenoxy) is 2. The zero-order chi connectivity index (χ0) is 31.5. The Hall–Kier alpha value is -4.05. The lowest BCUT2D eigenvalue weighted by molar-refractivity contribution is -0.138. The van der Waals surface area contributed by atoms with Gasteiger partial charge in [0.25, 0.3) is 0 Å². The molecular formula is C34H32Cl2F3NO5. The first-order chi connectivity index (χ1) is 21.1. The Balaban J connectivity index is 0.00000552. The standard InChI is InChI=1S/C34H31ClF3NO5.ClH/c35-32-27(15-8-17-29(32)34(36,37)38)22-39(18-9-19-43-28-16-7-10-24(20-28)21-31(40)41)23-30(25-11-3-1-4-12-25)44-33(42)26-13-5-2-6-14-26;/h1-8,10-17,20,30H,9,18-19,21-23H2,(H,40,41);1H/t30-;/m0./s1. The summed E-state index contributed by atoms with van der Waals surface area (Å²) in [5, 5.41) is 8.68. The number of nitrogens with zero attached hydrogens (tertiary/aromatic N) is 1. The molecule has 11 heteroatoms. The molecule has 6 nitrogen and oxygen atoms in total. The topological polar surface area (TPSA) is 76.1 Å². The minimum Gasteiger partial charge on any atom is -0.494 e. The number of carbonyl (C=O) groups is 2. The van der Waals surface area contributed by atoms with Crippen LogP contribution < -0.4 is 4.74 Å². The summed E-state index contributed by atoms with van der Waals surface area (Å²) in [5.74, 6) is -0.969. The van der Waals surface area contributed by atoms with Crippen LogP contribution in [0.1, 0.15) is 45.1 Å². The number of esters is 1. The third-order valence-corrected chi connectivity index (χ3v) is 7.22. The van der Waals surface area contributed by atoms with E-state index in [0.29, 0.717) is 29.8 Å². The molecule has 4 rings (SSSR count). The molecule has 0 unspecified atom stereocenters. The molecule has 0 heterocycles. The molecule has 0 saturated heterocycles. The fourth-order valence-electron chi connectivity index (χ4n) is 4.68. The van der Waals surface area contributed by atoms with Crippen LogP contribution in [0.2, 0.25) is 5.02 Å². The van der Waals surface area contributed by atoms with Gasteiger partial charge in [-0.2, -0.15) is 13.2 Å². The molecular weight excluding hydrogens is 630 g/mol. The van der Waals surface area contributed by atoms with Gasteiger partial charge in [0, 0.05) is 19.6 Å². The van der Waals surface area contributed by atoms with E-state index < -0.39 is 29.8 Å². The van der Waals surface area contributed by atoms with E-state index >= 15 is 0 Å². The highest BCUT2D eigenvalue weighted by molar-refractivity contribution is 6.32. The van der Waals surface area contributed by atoms with Crippen molar-refractivity contribution in [1.82, 2.24) is 4.90 Å². The average Bonchev–Trinajstić information content (AvgIpc) is 3.00. The van der Waals surface area contributed by atoms with Gasteiger partial charge in [-0.3, -0.25) is 9.69 Å². The number of alkyl halides is 3. The van der Waals surface area contributed by atoms with Crippen LogP contribution in [0.3, 0.4) is 0 Å². The van der Waals surface area contributed by atoms with Crippen molar-refractivity contribution in [3.05, 3.63) is 136 Å². The molecule has 4 aromatic carbocycles. The predicted octanol–water partition coefficient (Wildman–Crippen LogP) is 8.28. The van der Waals surface area contributed by atoms with Crippen molar-refractivity contribution in [2.45, 2.75) is 31.7 Å². The molecule has 4 aromatic rings. The number of benzene rings is 4. The maximum absolute atomic E-state index is 13.6. The summed E-state index contributed by atoms with van der Waals surface area (Å²) < 4.78 is 52.6. The molecule has 0 bridgehead atoms. The van der Waals surface area contributed by atoms with E-state index in [1.807, 2.05) is 35.2 Å². The van der Waals surface area contributed by atoms with Crippen molar-refractivity contribution in [1.29, 1.82) is 0 Å². The number of hydrogen-bond donors (Lipinski definition) is 1. The Kier molecular flexibility index (Phi) is 13.3. The lowest BCUT2D eigenvalue weighted by atomic mass is 10.1. The minimum absolute atomic E-state index is 0. The van der Waals surface area contributed by atoms with Crippen LogP contribution in [0.5, 0.6) is 5.75 Å². The number of hydrogen-bond acceptors (Lipinski definition) is 5. The highest BCUT2D eigenvalue weighted by atomic mass is 35.5. The number of carboxylic acids is 1. The second kappa shape index (κ2) is 16.9. The Morgan fingerprint density at radius 2 is 1.56 bits per heavy atom. The first-order valence-corrected chi connectivity index (χ1v) is 14.3. The summed E-state index contributed by atoms with van der Waals surface area (Å²) in [7, 11) is 0. The summed E-state index contributed by atoms with van der Waals surface area (Å²) in [5.41, 5.74) is 1.06. The Morgan fingerprint density at radius 1 is 0.889 bits per heavy atom. The van der Waals surface area contributed by atoms with Gasteiger partial charge in [0.05, 0.1) is 29.2 Å². The normalized spacial score (nSPS) is 11.8. The Labute approximate surface area is 270 Å². The summed E-state index contributed by atoms with van der Waals surface area (Å²) in [4.78, 5) is 26.0. The van der Waals surface area contributed by atoms with Crippen LogP contribution in [-0.4, -0.2) is 41.6 Å². The van der Waals surface area contributed by atoms with Gasteiger partial charge in [-0.25, -0.2) is 4.79 Å². The first-order valence-electron chi connectivity index (χ1n) is 13.9. The van der Waals surface area contributed by atoms with Crippen molar-refractivity contribution in [3.8, 4) is 5.75 Å². The van der Waals surface area contributed by atoms with E-state index in [9.17, 15) is 22.8 Å². The molecule has 0 fully saturated rings. The number of rotatable bonds is 14. The molecule has 0 radical (unpaired) electrons. The summed E-state index contributed by atoms with van der Waals surface area (Å²) in [6, 6.07) is 28.3. The van der Waals surface area contributed by atoms with Gasteiger partial charge in [0.15, 0.2) is 0 Å². The smallest absolute Gasteiger partial charge is 0.417 e. The highest BCUT2D eigenvalue weighted by Crippen LogP contribution is 2.37. The number of carboxylic acid groups (broad SMARTS) is 1. The van der Waals surface area contributed by atoms with E-state index in [4.69, 9.17) is 26.2 Å². The minimum atomic E-state index is -4.61. The third kappa shape index (κ3) is 10.8. The molecule has 1 atom stereocenters. The molecule has 0 aromatic heterocycles. The molecule has 45 heavy (non-hydrogen) atoms. The van der Waals surface area contributed by atoms with Crippen molar-refractivity contribution in [3.63, 3.8) is 0 Å². The molecule has 0 aliphatic rings. The highest BCUT2D eigenvalue weighted by Gasteiger charge is 2.34. The third-order valence-electron chi connectivity index (χ3n) is 6.77. The maximum atomic E-state index is 13.6. The van der Waals surface area contributed by atoms with Gasteiger partial charge < -0.3 is 14.6 Å². The second-order valence-corrected chi connectivity index (χ2v) is 10.5. The van der Waals surface area contributed by atoms with Gasteiger partial charge in [0.1, 0.15) is 11.9 Å². The van der Waals surface area contributed by atoms with Crippen LogP contribution in [-0.2, 0) is 28.7 Å². The van der Waals surface area contributed by atoms with E-state index in [0.717, 1.165) is 11.6 Å². The van der Waals surface area contributed by atoms with E-state index in [-0.39, 0.29) is 49.1 Å². The zero-order valence-corrected chi connectivity index (χ0v) is 25.7. The Morgan fingerprint density at radius 3 is 2.22 bits per heavy atom. The SMILES string of the molecule is Cl.O=C(O)Cc1cccc(OCCCN(Cc2cccc(C(F)(F)F)c2Cl)C[C@H](OC(=O)c2ccccc2)c2ccccc2)c1. The lowest BCUT2D eigenvalue weighted by Crippen LogP contribution is -2.32. The van der Waals surface area contributed by atoms with Gasteiger partial charge in [-0.15, -0.1) is 12.4 Å². The van der Waals surface area contributed by atoms with Crippen molar-refractivity contribution in [2.75, 3.05) is 19.7 Å². The van der Waals surface area contributed by atoms with Gasteiger partial charge >= 0.3 is 18.1 Å². The predicted molar refractivity (Wildman–Crippen MR) is 168 cm³/mol.